The molecule has 3 aliphatic rings. The maximum Gasteiger partial charge on any atom is 0.253 e. The van der Waals surface area contributed by atoms with Gasteiger partial charge in [0.15, 0.2) is 11.5 Å². The number of methoxy groups -OCH3 is 1. The Hall–Kier alpha value is -3.26. The molecule has 0 aromatic heterocycles. The van der Waals surface area contributed by atoms with Crippen LogP contribution in [0.1, 0.15) is 35.7 Å². The lowest BCUT2D eigenvalue weighted by Gasteiger charge is -2.44. The molecule has 168 valence electrons. The van der Waals surface area contributed by atoms with Gasteiger partial charge in [-0.25, -0.2) is 0 Å². The quantitative estimate of drug-likeness (QED) is 0.791. The number of carbonyl (C=O) groups is 2. The van der Waals surface area contributed by atoms with Gasteiger partial charge in [-0.1, -0.05) is 12.1 Å². The number of nitrogens with zero attached hydrogens (tertiary/aromatic N) is 2. The summed E-state index contributed by atoms with van der Waals surface area (Å²) in [6.07, 6.45) is 1.34. The average Bonchev–Trinajstić information content (AvgIpc) is 3.37. The van der Waals surface area contributed by atoms with E-state index in [1.165, 1.54) is 0 Å². The van der Waals surface area contributed by atoms with Crippen LogP contribution in [0.5, 0.6) is 17.2 Å². The van der Waals surface area contributed by atoms with E-state index in [0.717, 1.165) is 11.3 Å². The van der Waals surface area contributed by atoms with E-state index in [4.69, 9.17) is 14.2 Å². The molecule has 8 nitrogen and oxygen atoms in total. The standard InChI is InChI=1S/C24H27N3O5/c1-16-22(28)27(14-17-6-7-20-21(12-17)32-15-31-20)24(25-16)8-10-26(11-9-24)23(29)18-4-3-5-19(13-18)30-2/h3-7,12-13,16,25H,8-11,14-15H2,1-2H3/t16-/m0/s1. The average molecular weight is 437 g/mol. The molecule has 0 bridgehead atoms. The minimum atomic E-state index is -0.460. The molecule has 32 heavy (non-hydrogen) atoms. The minimum absolute atomic E-state index is 0.0153. The van der Waals surface area contributed by atoms with E-state index in [0.29, 0.717) is 49.5 Å². The van der Waals surface area contributed by atoms with Crippen molar-refractivity contribution in [2.45, 2.75) is 38.0 Å². The molecule has 1 N–H and O–H groups in total. The van der Waals surface area contributed by atoms with Crippen molar-refractivity contribution in [3.63, 3.8) is 0 Å². The zero-order chi connectivity index (χ0) is 22.3. The van der Waals surface area contributed by atoms with Crippen LogP contribution in [0, 0.1) is 0 Å². The van der Waals surface area contributed by atoms with E-state index >= 15 is 0 Å². The van der Waals surface area contributed by atoms with Crippen LogP contribution >= 0.6 is 0 Å². The van der Waals surface area contributed by atoms with Gasteiger partial charge in [-0.3, -0.25) is 14.9 Å². The second kappa shape index (κ2) is 8.02. The van der Waals surface area contributed by atoms with Crippen molar-refractivity contribution in [1.82, 2.24) is 15.1 Å². The molecule has 2 aromatic carbocycles. The van der Waals surface area contributed by atoms with Crippen LogP contribution in [-0.2, 0) is 11.3 Å². The first-order chi connectivity index (χ1) is 15.5. The predicted molar refractivity (Wildman–Crippen MR) is 117 cm³/mol. The number of amides is 2. The first-order valence-electron chi connectivity index (χ1n) is 10.9. The molecule has 5 rings (SSSR count). The molecule has 2 aromatic rings. The van der Waals surface area contributed by atoms with Crippen molar-refractivity contribution in [1.29, 1.82) is 0 Å². The van der Waals surface area contributed by atoms with E-state index in [1.54, 1.807) is 19.2 Å². The fourth-order valence-corrected chi connectivity index (χ4v) is 4.87. The van der Waals surface area contributed by atoms with E-state index in [9.17, 15) is 9.59 Å². The molecular weight excluding hydrogens is 410 g/mol. The Labute approximate surface area is 187 Å². The SMILES string of the molecule is COc1cccc(C(=O)N2CCC3(CC2)N[C@@H](C)C(=O)N3Cc2ccc3c(c2)OCO3)c1. The lowest BCUT2D eigenvalue weighted by atomic mass is 9.94. The Morgan fingerprint density at radius 3 is 2.72 bits per heavy atom. The number of ether oxygens (including phenoxy) is 3. The van der Waals surface area contributed by atoms with Gasteiger partial charge in [0.1, 0.15) is 5.75 Å². The second-order valence-electron chi connectivity index (χ2n) is 8.53. The lowest BCUT2D eigenvalue weighted by Crippen LogP contribution is -2.59. The predicted octanol–water partition coefficient (Wildman–Crippen LogP) is 2.38. The molecule has 1 spiro atoms. The van der Waals surface area contributed by atoms with Crippen LogP contribution in [0.15, 0.2) is 42.5 Å². The Balaban J connectivity index is 1.31. The Morgan fingerprint density at radius 2 is 1.94 bits per heavy atom. The first kappa shape index (κ1) is 20.6. The Kier molecular flexibility index (Phi) is 5.17. The fourth-order valence-electron chi connectivity index (χ4n) is 4.87. The van der Waals surface area contributed by atoms with Gasteiger partial charge in [-0.2, -0.15) is 0 Å². The third-order valence-corrected chi connectivity index (χ3v) is 6.61. The monoisotopic (exact) mass is 437 g/mol. The van der Waals surface area contributed by atoms with Crippen molar-refractivity contribution in [3.05, 3.63) is 53.6 Å². The lowest BCUT2D eigenvalue weighted by molar-refractivity contribution is -0.133. The molecule has 2 amide bonds. The highest BCUT2D eigenvalue weighted by atomic mass is 16.7. The topological polar surface area (TPSA) is 80.3 Å². The van der Waals surface area contributed by atoms with Crippen LogP contribution in [-0.4, -0.2) is 60.3 Å². The summed E-state index contributed by atoms with van der Waals surface area (Å²) in [5, 5.41) is 3.52. The summed E-state index contributed by atoms with van der Waals surface area (Å²) in [4.78, 5) is 29.8. The van der Waals surface area contributed by atoms with Crippen molar-refractivity contribution >= 4 is 11.8 Å². The van der Waals surface area contributed by atoms with Crippen LogP contribution in [0.25, 0.3) is 0 Å². The van der Waals surface area contributed by atoms with Crippen LogP contribution < -0.4 is 19.5 Å². The summed E-state index contributed by atoms with van der Waals surface area (Å²) >= 11 is 0. The number of hydrogen-bond acceptors (Lipinski definition) is 6. The summed E-state index contributed by atoms with van der Waals surface area (Å²) in [6, 6.07) is 12.8. The maximum atomic E-state index is 13.0. The van der Waals surface area contributed by atoms with Gasteiger partial charge in [-0.15, -0.1) is 0 Å². The minimum Gasteiger partial charge on any atom is -0.497 e. The number of hydrogen-bond donors (Lipinski definition) is 1. The second-order valence-corrected chi connectivity index (χ2v) is 8.53. The largest absolute Gasteiger partial charge is 0.497 e. The zero-order valence-electron chi connectivity index (χ0n) is 18.3. The number of fused-ring (bicyclic) bond motifs is 1. The van der Waals surface area contributed by atoms with E-state index in [-0.39, 0.29) is 24.6 Å². The summed E-state index contributed by atoms with van der Waals surface area (Å²) in [5.74, 6) is 2.17. The molecule has 8 heteroatoms. The fraction of sp³-hybridized carbons (Fsp3) is 0.417. The summed E-state index contributed by atoms with van der Waals surface area (Å²) in [7, 11) is 1.59. The number of benzene rings is 2. The highest BCUT2D eigenvalue weighted by Gasteiger charge is 2.50. The van der Waals surface area contributed by atoms with Gasteiger partial charge in [0, 0.05) is 38.0 Å². The van der Waals surface area contributed by atoms with Gasteiger partial charge >= 0.3 is 0 Å². The highest BCUT2D eigenvalue weighted by Crippen LogP contribution is 2.37. The summed E-state index contributed by atoms with van der Waals surface area (Å²) in [6.45, 7) is 3.75. The zero-order valence-corrected chi connectivity index (χ0v) is 18.3. The van der Waals surface area contributed by atoms with Gasteiger partial charge in [0.05, 0.1) is 18.8 Å². The maximum absolute atomic E-state index is 13.0. The van der Waals surface area contributed by atoms with Crippen molar-refractivity contribution in [3.8, 4) is 17.2 Å². The summed E-state index contributed by atoms with van der Waals surface area (Å²) < 4.78 is 16.1. The molecular formula is C24H27N3O5. The van der Waals surface area contributed by atoms with Gasteiger partial charge in [-0.05, 0) is 42.8 Å². The third kappa shape index (κ3) is 3.54. The van der Waals surface area contributed by atoms with Gasteiger partial charge in [0.25, 0.3) is 5.91 Å². The Morgan fingerprint density at radius 1 is 1.16 bits per heavy atom. The van der Waals surface area contributed by atoms with Crippen molar-refractivity contribution in [2.75, 3.05) is 27.0 Å². The van der Waals surface area contributed by atoms with E-state index < -0.39 is 5.66 Å². The molecule has 0 radical (unpaired) electrons. The summed E-state index contributed by atoms with van der Waals surface area (Å²) in [5.41, 5.74) is 1.15. The highest BCUT2D eigenvalue weighted by molar-refractivity contribution is 5.94. The number of piperidine rings is 1. The van der Waals surface area contributed by atoms with Crippen molar-refractivity contribution < 1.29 is 23.8 Å². The number of likely N-dealkylation sites (tertiary alicyclic amines) is 1. The smallest absolute Gasteiger partial charge is 0.253 e. The van der Waals surface area contributed by atoms with Crippen molar-refractivity contribution in [2.24, 2.45) is 0 Å². The van der Waals surface area contributed by atoms with Gasteiger partial charge in [0.2, 0.25) is 12.7 Å². The molecule has 3 aliphatic heterocycles. The molecule has 0 saturated carbocycles. The Bertz CT molecular complexity index is 1050. The molecule has 3 heterocycles. The molecule has 1 atom stereocenters. The number of nitrogens with one attached hydrogen (secondary N) is 1. The third-order valence-electron chi connectivity index (χ3n) is 6.61. The molecule has 2 saturated heterocycles. The van der Waals surface area contributed by atoms with E-state index in [2.05, 4.69) is 5.32 Å². The molecule has 0 unspecified atom stereocenters. The van der Waals surface area contributed by atoms with Crippen LogP contribution in [0.4, 0.5) is 0 Å². The molecule has 0 aliphatic carbocycles. The normalized spacial score (nSPS) is 21.3. The first-order valence-corrected chi connectivity index (χ1v) is 10.9. The van der Waals surface area contributed by atoms with Crippen LogP contribution in [0.2, 0.25) is 0 Å². The molecule has 2 fully saturated rings. The van der Waals surface area contributed by atoms with E-state index in [1.807, 2.05) is 47.1 Å². The number of rotatable bonds is 4. The number of carbonyl (C=O) groups excluding carboxylic acids is 2. The van der Waals surface area contributed by atoms with Gasteiger partial charge < -0.3 is 24.0 Å². The van der Waals surface area contributed by atoms with Crippen LogP contribution in [0.3, 0.4) is 0 Å².